The fraction of sp³-hybridized carbons (Fsp3) is 1.00. The molecule has 0 radical (unpaired) electrons. The molecule has 0 rings (SSSR count). The summed E-state index contributed by atoms with van der Waals surface area (Å²) >= 11 is 0. The first-order valence-electron chi connectivity index (χ1n) is 14.7. The van der Waals surface area contributed by atoms with Gasteiger partial charge in [0.05, 0.1) is 17.9 Å². The smallest absolute Gasteiger partial charge is 0.0965 e. The van der Waals surface area contributed by atoms with E-state index in [-0.39, 0.29) is 22.2 Å². The Kier molecular flexibility index (Phi) is 16.6. The van der Waals surface area contributed by atoms with Gasteiger partial charge in [0.15, 0.2) is 0 Å². The molecule has 36 heavy (non-hydrogen) atoms. The number of rotatable bonds is 21. The van der Waals surface area contributed by atoms with Crippen LogP contribution in [0.5, 0.6) is 0 Å². The van der Waals surface area contributed by atoms with Gasteiger partial charge in [-0.15, -0.1) is 0 Å². The second kappa shape index (κ2) is 16.7. The number of nitrogens with zero attached hydrogens (tertiary/aromatic N) is 1. The summed E-state index contributed by atoms with van der Waals surface area (Å²) in [5, 5.41) is 3.34. The molecule has 0 amide bonds. The summed E-state index contributed by atoms with van der Waals surface area (Å²) in [5.41, 5.74) is 0.307. The summed E-state index contributed by atoms with van der Waals surface area (Å²) in [7, 11) is 2.25. The second-order valence-electron chi connectivity index (χ2n) is 14.4. The van der Waals surface area contributed by atoms with E-state index < -0.39 is 0 Å². The lowest BCUT2D eigenvalue weighted by Gasteiger charge is -2.38. The fourth-order valence-corrected chi connectivity index (χ4v) is 5.50. The maximum atomic E-state index is 6.40. The zero-order chi connectivity index (χ0) is 28.0. The number of hydrogen-bond acceptors (Lipinski definition) is 5. The molecule has 0 heterocycles. The Hall–Kier alpha value is -0.200. The van der Waals surface area contributed by atoms with E-state index in [1.54, 1.807) is 0 Å². The highest BCUT2D eigenvalue weighted by molar-refractivity contribution is 4.82. The largest absolute Gasteiger partial charge is 0.376 e. The lowest BCUT2D eigenvalue weighted by molar-refractivity contribution is -0.0591. The van der Waals surface area contributed by atoms with Crippen LogP contribution in [0.15, 0.2) is 0 Å². The Morgan fingerprint density at radius 1 is 0.778 bits per heavy atom. The molecule has 0 aliphatic carbocycles. The first-order chi connectivity index (χ1) is 16.4. The molecular formula is C31H66N2O3. The Balaban J connectivity index is 4.26. The summed E-state index contributed by atoms with van der Waals surface area (Å²) < 4.78 is 18.0. The van der Waals surface area contributed by atoms with Crippen molar-refractivity contribution in [3.8, 4) is 0 Å². The highest BCUT2D eigenvalue weighted by Crippen LogP contribution is 2.31. The summed E-state index contributed by atoms with van der Waals surface area (Å²) in [6, 6.07) is 0. The van der Waals surface area contributed by atoms with Gasteiger partial charge in [-0.05, 0) is 124 Å². The molecule has 2 atom stereocenters. The molecule has 1 N–H and O–H groups in total. The van der Waals surface area contributed by atoms with E-state index in [0.717, 1.165) is 65.0 Å². The van der Waals surface area contributed by atoms with Crippen molar-refractivity contribution in [1.82, 2.24) is 10.2 Å². The van der Waals surface area contributed by atoms with Gasteiger partial charge in [0.25, 0.3) is 0 Å². The van der Waals surface area contributed by atoms with Crippen LogP contribution in [0.4, 0.5) is 0 Å². The van der Waals surface area contributed by atoms with Gasteiger partial charge in [-0.25, -0.2) is 0 Å². The van der Waals surface area contributed by atoms with Crippen LogP contribution in [0.25, 0.3) is 0 Å². The van der Waals surface area contributed by atoms with Crippen molar-refractivity contribution in [2.75, 3.05) is 46.7 Å². The topological polar surface area (TPSA) is 43.0 Å². The highest BCUT2D eigenvalue weighted by atomic mass is 16.5. The van der Waals surface area contributed by atoms with Crippen LogP contribution in [0.1, 0.15) is 122 Å². The molecule has 2 unspecified atom stereocenters. The van der Waals surface area contributed by atoms with Crippen LogP contribution in [-0.4, -0.2) is 68.3 Å². The Labute approximate surface area is 226 Å². The fourth-order valence-electron chi connectivity index (χ4n) is 5.50. The van der Waals surface area contributed by atoms with E-state index in [1.807, 2.05) is 6.92 Å². The summed E-state index contributed by atoms with van der Waals surface area (Å²) in [6.45, 7) is 32.4. The van der Waals surface area contributed by atoms with Gasteiger partial charge in [-0.1, -0.05) is 34.6 Å². The third-order valence-corrected chi connectivity index (χ3v) is 7.14. The van der Waals surface area contributed by atoms with Gasteiger partial charge < -0.3 is 19.1 Å². The van der Waals surface area contributed by atoms with E-state index in [1.165, 1.54) is 6.42 Å². The Bertz CT molecular complexity index is 555. The van der Waals surface area contributed by atoms with Gasteiger partial charge in [0, 0.05) is 25.4 Å². The molecule has 0 bridgehead atoms. The zero-order valence-corrected chi connectivity index (χ0v) is 26.8. The summed E-state index contributed by atoms with van der Waals surface area (Å²) in [6.07, 6.45) is 6.64. The highest BCUT2D eigenvalue weighted by Gasteiger charge is 2.28. The second-order valence-corrected chi connectivity index (χ2v) is 14.4. The van der Waals surface area contributed by atoms with Crippen molar-refractivity contribution in [3.63, 3.8) is 0 Å². The molecule has 0 aliphatic heterocycles. The molecule has 0 aromatic carbocycles. The molecule has 0 saturated heterocycles. The molecule has 5 heteroatoms. The monoisotopic (exact) mass is 515 g/mol. The minimum absolute atomic E-state index is 0.0670. The predicted octanol–water partition coefficient (Wildman–Crippen LogP) is 7.53. The number of nitrogens with one attached hydrogen (secondary N) is 1. The maximum absolute atomic E-state index is 6.40. The first-order valence-corrected chi connectivity index (χ1v) is 14.7. The average molecular weight is 515 g/mol. The summed E-state index contributed by atoms with van der Waals surface area (Å²) in [4.78, 5) is 2.50. The van der Waals surface area contributed by atoms with Gasteiger partial charge in [0.1, 0.15) is 0 Å². The normalized spacial score (nSPS) is 15.5. The molecule has 0 aliphatic rings. The molecule has 0 aromatic heterocycles. The molecule has 0 saturated carbocycles. The van der Waals surface area contributed by atoms with Crippen LogP contribution in [0, 0.1) is 17.3 Å². The van der Waals surface area contributed by atoms with Crippen LogP contribution >= 0.6 is 0 Å². The van der Waals surface area contributed by atoms with E-state index in [0.29, 0.717) is 18.6 Å². The van der Waals surface area contributed by atoms with E-state index in [9.17, 15) is 0 Å². The van der Waals surface area contributed by atoms with Crippen LogP contribution in [-0.2, 0) is 14.2 Å². The predicted molar refractivity (Wildman–Crippen MR) is 157 cm³/mol. The standard InChI is InChI=1S/C31H66N2O3/c1-14-34-25-32-18-15-19-33(13)29(7,8)22-26(2)16-20-35-30(9,10)23-27(3)17-21-36-31(11,12)24-28(4,5)6/h26-27,32H,14-25H2,1-13H3. The Morgan fingerprint density at radius 3 is 1.83 bits per heavy atom. The number of hydrogen-bond donors (Lipinski definition) is 1. The molecule has 5 nitrogen and oxygen atoms in total. The van der Waals surface area contributed by atoms with Crippen LogP contribution in [0.3, 0.4) is 0 Å². The van der Waals surface area contributed by atoms with E-state index >= 15 is 0 Å². The maximum Gasteiger partial charge on any atom is 0.0965 e. The molecular weight excluding hydrogens is 448 g/mol. The third-order valence-electron chi connectivity index (χ3n) is 7.14. The molecule has 0 fully saturated rings. The van der Waals surface area contributed by atoms with Crippen LogP contribution in [0.2, 0.25) is 0 Å². The minimum atomic E-state index is -0.0964. The summed E-state index contributed by atoms with van der Waals surface area (Å²) in [5.74, 6) is 1.21. The van der Waals surface area contributed by atoms with Crippen LogP contribution < -0.4 is 5.32 Å². The SMILES string of the molecule is CCOCNCCCN(C)C(C)(C)CC(C)CCOC(C)(C)CC(C)CCOC(C)(C)CC(C)(C)C. The van der Waals surface area contributed by atoms with Gasteiger partial charge in [-0.2, -0.15) is 0 Å². The zero-order valence-electron chi connectivity index (χ0n) is 26.8. The van der Waals surface area contributed by atoms with Crippen molar-refractivity contribution in [2.45, 2.75) is 138 Å². The van der Waals surface area contributed by atoms with Gasteiger partial charge >= 0.3 is 0 Å². The van der Waals surface area contributed by atoms with E-state index in [2.05, 4.69) is 93.4 Å². The van der Waals surface area contributed by atoms with Crippen molar-refractivity contribution in [2.24, 2.45) is 17.3 Å². The Morgan fingerprint density at radius 2 is 1.31 bits per heavy atom. The van der Waals surface area contributed by atoms with Crippen molar-refractivity contribution in [1.29, 1.82) is 0 Å². The van der Waals surface area contributed by atoms with Crippen molar-refractivity contribution in [3.05, 3.63) is 0 Å². The quantitative estimate of drug-likeness (QED) is 0.127. The molecule has 0 aromatic rings. The van der Waals surface area contributed by atoms with E-state index in [4.69, 9.17) is 14.2 Å². The lowest BCUT2D eigenvalue weighted by Crippen LogP contribution is -2.43. The average Bonchev–Trinajstić information content (AvgIpc) is 2.67. The number of ether oxygens (including phenoxy) is 3. The minimum Gasteiger partial charge on any atom is -0.376 e. The molecule has 0 spiro atoms. The third kappa shape index (κ3) is 19.0. The van der Waals surface area contributed by atoms with Gasteiger partial charge in [-0.3, -0.25) is 5.32 Å². The lowest BCUT2D eigenvalue weighted by atomic mass is 9.83. The van der Waals surface area contributed by atoms with Crippen molar-refractivity contribution >= 4 is 0 Å². The molecule has 218 valence electrons. The van der Waals surface area contributed by atoms with Crippen molar-refractivity contribution < 1.29 is 14.2 Å². The first kappa shape index (κ1) is 35.8. The van der Waals surface area contributed by atoms with Gasteiger partial charge in [0.2, 0.25) is 0 Å².